The number of aromatic nitrogens is 1. The molecule has 0 N–H and O–H groups in total. The maximum Gasteiger partial charge on any atom is 0.271 e. The minimum Gasteiger partial charge on any atom is -0.272 e. The van der Waals surface area contributed by atoms with Crippen molar-refractivity contribution >= 4 is 39.0 Å². The van der Waals surface area contributed by atoms with Gasteiger partial charge in [-0.2, -0.15) is 0 Å². The topological polar surface area (TPSA) is 34.4 Å². The lowest BCUT2D eigenvalue weighted by Crippen LogP contribution is -2.38. The molecule has 1 aromatic heterocycles. The Hall–Kier alpha value is -3.02. The van der Waals surface area contributed by atoms with Gasteiger partial charge >= 0.3 is 0 Å². The van der Waals surface area contributed by atoms with Gasteiger partial charge in [-0.25, -0.2) is 4.99 Å². The molecule has 5 heteroatoms. The van der Waals surface area contributed by atoms with Gasteiger partial charge in [-0.3, -0.25) is 9.36 Å². The van der Waals surface area contributed by atoms with Gasteiger partial charge in [-0.1, -0.05) is 93.5 Å². The Morgan fingerprint density at radius 1 is 1.00 bits per heavy atom. The highest BCUT2D eigenvalue weighted by Crippen LogP contribution is 2.41. The van der Waals surface area contributed by atoms with Crippen LogP contribution in [0.25, 0.3) is 11.8 Å². The van der Waals surface area contributed by atoms with Crippen molar-refractivity contribution in [3.63, 3.8) is 0 Å². The zero-order valence-corrected chi connectivity index (χ0v) is 20.5. The number of hydrogen-bond donors (Lipinski definition) is 0. The van der Waals surface area contributed by atoms with Gasteiger partial charge in [-0.15, -0.1) is 0 Å². The van der Waals surface area contributed by atoms with Gasteiger partial charge in [0.2, 0.25) is 0 Å². The molecule has 2 aliphatic rings. The zero-order chi connectivity index (χ0) is 22.5. The summed E-state index contributed by atoms with van der Waals surface area (Å²) in [5.74, 6) is 0. The van der Waals surface area contributed by atoms with E-state index in [-0.39, 0.29) is 11.6 Å². The Labute approximate surface area is 204 Å². The molecule has 0 saturated heterocycles. The first-order valence-electron chi connectivity index (χ1n) is 11.0. The fraction of sp³-hybridized carbons (Fsp3) is 0.143. The Kier molecular flexibility index (Phi) is 5.04. The standard InChI is InChI=1S/C28H21BrN2OS/c1-17-6-8-18(9-7-17)16-24-27(32)31-26(20-10-13-21(29)14-11-20)23-15-12-19-4-2-3-5-22(19)25(23)30-28(31)33-24/h2-11,13-14,16,26H,12,15H2,1H3. The molecule has 3 aromatic carbocycles. The monoisotopic (exact) mass is 512 g/mol. The Morgan fingerprint density at radius 3 is 2.55 bits per heavy atom. The molecule has 162 valence electrons. The molecule has 6 rings (SSSR count). The van der Waals surface area contributed by atoms with E-state index in [2.05, 4.69) is 95.7 Å². The fourth-order valence-corrected chi connectivity index (χ4v) is 6.05. The molecule has 0 radical (unpaired) electrons. The average Bonchev–Trinajstić information content (AvgIpc) is 3.14. The molecule has 4 aromatic rings. The number of hydrogen-bond acceptors (Lipinski definition) is 3. The number of halogens is 1. The van der Waals surface area contributed by atoms with E-state index in [1.165, 1.54) is 33.6 Å². The molecule has 0 fully saturated rings. The highest BCUT2D eigenvalue weighted by molar-refractivity contribution is 9.10. The number of benzene rings is 3. The van der Waals surface area contributed by atoms with Gasteiger partial charge in [0.15, 0.2) is 4.80 Å². The van der Waals surface area contributed by atoms with Gasteiger partial charge in [-0.05, 0) is 60.2 Å². The SMILES string of the molecule is Cc1ccc(C=c2sc3n(c2=O)C(c2ccc(Br)cc2)C2=C(N=3)c3ccccc3CC2)cc1. The molecule has 1 aliphatic carbocycles. The van der Waals surface area contributed by atoms with Crippen molar-refractivity contribution in [1.29, 1.82) is 0 Å². The average molecular weight is 513 g/mol. The molecule has 1 unspecified atom stereocenters. The number of allylic oxidation sites excluding steroid dienone is 1. The van der Waals surface area contributed by atoms with Gasteiger partial charge in [0.25, 0.3) is 5.56 Å². The summed E-state index contributed by atoms with van der Waals surface area (Å²) in [6.45, 7) is 2.07. The number of rotatable bonds is 2. The first-order valence-corrected chi connectivity index (χ1v) is 12.6. The van der Waals surface area contributed by atoms with Crippen molar-refractivity contribution in [2.24, 2.45) is 4.99 Å². The second-order valence-corrected chi connectivity index (χ2v) is 10.5. The van der Waals surface area contributed by atoms with Gasteiger partial charge < -0.3 is 0 Å². The van der Waals surface area contributed by atoms with E-state index >= 15 is 0 Å². The van der Waals surface area contributed by atoms with E-state index in [1.54, 1.807) is 0 Å². The highest BCUT2D eigenvalue weighted by atomic mass is 79.9. The third-order valence-electron chi connectivity index (χ3n) is 6.43. The second kappa shape index (κ2) is 8.08. The summed E-state index contributed by atoms with van der Waals surface area (Å²) in [6, 6.07) is 25.0. The predicted molar refractivity (Wildman–Crippen MR) is 138 cm³/mol. The maximum absolute atomic E-state index is 13.7. The maximum atomic E-state index is 13.7. The summed E-state index contributed by atoms with van der Waals surface area (Å²) in [5, 5.41) is 0. The first-order chi connectivity index (χ1) is 16.1. The van der Waals surface area contributed by atoms with Gasteiger partial charge in [0.05, 0.1) is 16.3 Å². The van der Waals surface area contributed by atoms with Gasteiger partial charge in [0.1, 0.15) is 0 Å². The van der Waals surface area contributed by atoms with E-state index in [4.69, 9.17) is 4.99 Å². The molecule has 0 bridgehead atoms. The molecule has 2 heterocycles. The third kappa shape index (κ3) is 3.56. The van der Waals surface area contributed by atoms with E-state index in [0.29, 0.717) is 4.53 Å². The van der Waals surface area contributed by atoms with Crippen molar-refractivity contribution in [3.8, 4) is 0 Å². The summed E-state index contributed by atoms with van der Waals surface area (Å²) in [6.07, 6.45) is 3.85. The number of thiazole rings is 1. The lowest BCUT2D eigenvalue weighted by molar-refractivity contribution is 0.585. The molecule has 33 heavy (non-hydrogen) atoms. The Balaban J connectivity index is 1.62. The molecule has 0 amide bonds. The van der Waals surface area contributed by atoms with E-state index in [0.717, 1.165) is 38.9 Å². The van der Waals surface area contributed by atoms with E-state index < -0.39 is 0 Å². The molecule has 0 spiro atoms. The molecule has 1 aliphatic heterocycles. The van der Waals surface area contributed by atoms with Crippen LogP contribution in [-0.4, -0.2) is 4.57 Å². The van der Waals surface area contributed by atoms with Crippen LogP contribution in [0, 0.1) is 6.92 Å². The quantitative estimate of drug-likeness (QED) is 0.354. The summed E-state index contributed by atoms with van der Waals surface area (Å²) in [7, 11) is 0. The van der Waals surface area contributed by atoms with Crippen LogP contribution in [0.4, 0.5) is 0 Å². The fourth-order valence-electron chi connectivity index (χ4n) is 4.78. The van der Waals surface area contributed by atoms with Gasteiger partial charge in [0, 0.05) is 10.0 Å². The molecular formula is C28H21BrN2OS. The lowest BCUT2D eigenvalue weighted by Gasteiger charge is -2.30. The van der Waals surface area contributed by atoms with Crippen molar-refractivity contribution < 1.29 is 0 Å². The van der Waals surface area contributed by atoms with Crippen LogP contribution in [0.1, 0.15) is 40.3 Å². The van der Waals surface area contributed by atoms with E-state index in [9.17, 15) is 4.79 Å². The largest absolute Gasteiger partial charge is 0.272 e. The van der Waals surface area contributed by atoms with Crippen LogP contribution >= 0.6 is 27.3 Å². The zero-order valence-electron chi connectivity index (χ0n) is 18.1. The van der Waals surface area contributed by atoms with Crippen molar-refractivity contribution in [2.75, 3.05) is 0 Å². The normalized spacial score (nSPS) is 17.3. The van der Waals surface area contributed by atoms with Crippen LogP contribution in [0.5, 0.6) is 0 Å². The van der Waals surface area contributed by atoms with Crippen molar-refractivity contribution in [3.05, 3.63) is 130 Å². The molecule has 0 saturated carbocycles. The smallest absolute Gasteiger partial charge is 0.271 e. The highest BCUT2D eigenvalue weighted by Gasteiger charge is 2.32. The predicted octanol–water partition coefficient (Wildman–Crippen LogP) is 5.39. The van der Waals surface area contributed by atoms with Crippen molar-refractivity contribution in [1.82, 2.24) is 4.57 Å². The Bertz CT molecular complexity index is 1590. The molecule has 3 nitrogen and oxygen atoms in total. The minimum absolute atomic E-state index is 0.0256. The molecule has 1 atom stereocenters. The second-order valence-electron chi connectivity index (χ2n) is 8.58. The summed E-state index contributed by atoms with van der Waals surface area (Å²) < 4.78 is 3.65. The number of fused-ring (bicyclic) bond motifs is 3. The Morgan fingerprint density at radius 2 is 1.76 bits per heavy atom. The molecular weight excluding hydrogens is 492 g/mol. The number of aryl methyl sites for hydroxylation is 2. The third-order valence-corrected chi connectivity index (χ3v) is 7.95. The summed E-state index contributed by atoms with van der Waals surface area (Å²) in [5.41, 5.74) is 8.15. The first kappa shape index (κ1) is 20.6. The minimum atomic E-state index is -0.141. The van der Waals surface area contributed by atoms with E-state index in [1.807, 2.05) is 10.6 Å². The van der Waals surface area contributed by atoms with Crippen LogP contribution in [-0.2, 0) is 6.42 Å². The van der Waals surface area contributed by atoms with Crippen molar-refractivity contribution in [2.45, 2.75) is 25.8 Å². The number of nitrogens with zero attached hydrogens (tertiary/aromatic N) is 2. The van der Waals surface area contributed by atoms with Crippen LogP contribution in [0.15, 0.2) is 92.6 Å². The lowest BCUT2D eigenvalue weighted by atomic mass is 9.83. The summed E-state index contributed by atoms with van der Waals surface area (Å²) >= 11 is 5.03. The summed E-state index contributed by atoms with van der Waals surface area (Å²) in [4.78, 5) is 19.5. The van der Waals surface area contributed by atoms with Crippen LogP contribution in [0.2, 0.25) is 0 Å². The van der Waals surface area contributed by atoms with Crippen LogP contribution < -0.4 is 14.9 Å². The van der Waals surface area contributed by atoms with Crippen LogP contribution in [0.3, 0.4) is 0 Å².